The molecule has 0 aromatic carbocycles. The second-order valence-corrected chi connectivity index (χ2v) is 6.40. The number of aliphatic hydroxyl groups is 2. The maximum atomic E-state index is 14.3. The average molecular weight is 328 g/mol. The molecule has 7 nitrogen and oxygen atoms in total. The molecule has 2 unspecified atom stereocenters. The number of alkyl halides is 1. The lowest BCUT2D eigenvalue weighted by Crippen LogP contribution is -2.53. The minimum Gasteiger partial charge on any atom is -0.394 e. The van der Waals surface area contributed by atoms with E-state index >= 15 is 0 Å². The molecule has 1 fully saturated rings. The first-order chi connectivity index (χ1) is 10.8. The number of hydrogen-bond acceptors (Lipinski definition) is 6. The molecule has 1 aromatic heterocycles. The highest BCUT2D eigenvalue weighted by atomic mass is 18.2. The maximum Gasteiger partial charge on any atom is 0.156 e. The van der Waals surface area contributed by atoms with Crippen LogP contribution in [0.3, 0.4) is 0 Å². The fraction of sp³-hybridized carbons (Fsp3) is 0.800. The fourth-order valence-corrected chi connectivity index (χ4v) is 2.63. The molecule has 0 spiro atoms. The van der Waals surface area contributed by atoms with E-state index in [-0.39, 0.29) is 31.3 Å². The molecule has 2 N–H and O–H groups in total. The van der Waals surface area contributed by atoms with Gasteiger partial charge in [-0.15, -0.1) is 5.10 Å². The highest BCUT2D eigenvalue weighted by Gasteiger charge is 2.43. The predicted octanol–water partition coefficient (Wildman–Crippen LogP) is 0.140. The van der Waals surface area contributed by atoms with Crippen LogP contribution >= 0.6 is 0 Å². The van der Waals surface area contributed by atoms with Crippen molar-refractivity contribution in [3.63, 3.8) is 0 Å². The molecule has 0 amide bonds. The Morgan fingerprint density at radius 1 is 1.48 bits per heavy atom. The number of ketones is 1. The van der Waals surface area contributed by atoms with Crippen molar-refractivity contribution < 1.29 is 24.1 Å². The number of rotatable bonds is 6. The summed E-state index contributed by atoms with van der Waals surface area (Å²) in [5.74, 6) is -0.620. The van der Waals surface area contributed by atoms with Gasteiger partial charge in [-0.2, -0.15) is 0 Å². The van der Waals surface area contributed by atoms with Crippen LogP contribution in [0.4, 0.5) is 4.39 Å². The number of nitrogens with zero attached hydrogens (tertiary/aromatic N) is 3. The Kier molecular flexibility index (Phi) is 5.83. The zero-order chi connectivity index (χ0) is 17.1. The van der Waals surface area contributed by atoms with Crippen LogP contribution in [0.2, 0.25) is 0 Å². The minimum atomic E-state index is -1.57. The predicted molar refractivity (Wildman–Crippen MR) is 79.4 cm³/mol. The monoisotopic (exact) mass is 328 g/mol. The summed E-state index contributed by atoms with van der Waals surface area (Å²) < 4.78 is 21.3. The van der Waals surface area contributed by atoms with Gasteiger partial charge in [0.25, 0.3) is 0 Å². The van der Waals surface area contributed by atoms with Crippen molar-refractivity contribution in [1.29, 1.82) is 0 Å². The lowest BCUT2D eigenvalue weighted by Gasteiger charge is -2.39. The molecule has 1 aromatic rings. The van der Waals surface area contributed by atoms with Crippen molar-refractivity contribution in [1.82, 2.24) is 15.0 Å². The number of hydrogen-bond donors (Lipinski definition) is 2. The summed E-state index contributed by atoms with van der Waals surface area (Å²) in [6.07, 6.45) is -2.72. The van der Waals surface area contributed by atoms with Gasteiger partial charge in [0.2, 0.25) is 0 Å². The number of Topliss-reactive ketones (excluding diaryl/α,β-unsaturated/α-hetero) is 1. The Balaban J connectivity index is 2.10. The summed E-state index contributed by atoms with van der Waals surface area (Å²) in [5, 5.41) is 26.9. The summed E-state index contributed by atoms with van der Waals surface area (Å²) in [6.45, 7) is 5.01. The molecule has 2 heterocycles. The van der Waals surface area contributed by atoms with Gasteiger partial charge in [-0.3, -0.25) is 4.79 Å². The largest absolute Gasteiger partial charge is 0.394 e. The Labute approximate surface area is 134 Å². The van der Waals surface area contributed by atoms with Gasteiger partial charge in [-0.25, -0.2) is 9.07 Å². The van der Waals surface area contributed by atoms with E-state index in [0.717, 1.165) is 0 Å². The van der Waals surface area contributed by atoms with Crippen LogP contribution in [0, 0.1) is 11.8 Å². The smallest absolute Gasteiger partial charge is 0.156 e. The minimum absolute atomic E-state index is 0.00000247. The Bertz CT molecular complexity index is 535. The van der Waals surface area contributed by atoms with Crippen LogP contribution in [0.1, 0.15) is 26.5 Å². The average Bonchev–Trinajstić information content (AvgIpc) is 2.94. The second kappa shape index (κ2) is 7.46. The molecule has 0 aliphatic carbocycles. The quantitative estimate of drug-likeness (QED) is 0.771. The van der Waals surface area contributed by atoms with Gasteiger partial charge in [0.1, 0.15) is 6.54 Å². The van der Waals surface area contributed by atoms with E-state index in [2.05, 4.69) is 10.3 Å². The lowest BCUT2D eigenvalue weighted by molar-refractivity contribution is -0.183. The summed E-state index contributed by atoms with van der Waals surface area (Å²) in [6, 6.07) is 0. The van der Waals surface area contributed by atoms with E-state index < -0.39 is 30.4 Å². The first-order valence-electron chi connectivity index (χ1n) is 7.83. The van der Waals surface area contributed by atoms with E-state index in [0.29, 0.717) is 5.69 Å². The third kappa shape index (κ3) is 3.94. The van der Waals surface area contributed by atoms with Gasteiger partial charge in [-0.05, 0) is 0 Å². The Hall–Kier alpha value is -1.38. The van der Waals surface area contributed by atoms with E-state index in [9.17, 15) is 19.4 Å². The number of aromatic nitrogens is 3. The van der Waals surface area contributed by atoms with Crippen LogP contribution in [0.5, 0.6) is 0 Å². The van der Waals surface area contributed by atoms with E-state index in [1.54, 1.807) is 20.8 Å². The molecule has 0 bridgehead atoms. The number of carbonyl (C=O) groups is 1. The standard InChI is InChI=1S/C15H24FN3O4/c1-8(2)11(21)6-19-10(5-17-18-19)4-12-14(16)15(22)9(3)13(7-20)23-12/h5,8-9,12-15,20,22H,4,6-7H2,1-3H3/t9-,12+,13?,14?,15+/m1/s1/i16-1. The van der Waals surface area contributed by atoms with Crippen molar-refractivity contribution in [3.8, 4) is 0 Å². The van der Waals surface area contributed by atoms with Crippen molar-refractivity contribution in [3.05, 3.63) is 11.9 Å². The second-order valence-electron chi connectivity index (χ2n) is 6.40. The maximum absolute atomic E-state index is 14.3. The molecule has 130 valence electrons. The Morgan fingerprint density at radius 3 is 2.78 bits per heavy atom. The number of halogens is 1. The van der Waals surface area contributed by atoms with Crippen molar-refractivity contribution >= 4 is 5.78 Å². The van der Waals surface area contributed by atoms with E-state index in [1.807, 2.05) is 0 Å². The zero-order valence-electron chi connectivity index (χ0n) is 13.6. The van der Waals surface area contributed by atoms with Crippen molar-refractivity contribution in [2.75, 3.05) is 6.61 Å². The van der Waals surface area contributed by atoms with Gasteiger partial charge < -0.3 is 14.9 Å². The summed E-state index contributed by atoms with van der Waals surface area (Å²) in [5.41, 5.74) is 0.560. The molecule has 0 radical (unpaired) electrons. The number of aliphatic hydroxyl groups excluding tert-OH is 2. The molecular weight excluding hydrogens is 304 g/mol. The first-order valence-corrected chi connectivity index (χ1v) is 7.83. The fourth-order valence-electron chi connectivity index (χ4n) is 2.63. The molecule has 1 saturated heterocycles. The van der Waals surface area contributed by atoms with E-state index in [1.165, 1.54) is 10.9 Å². The first kappa shape index (κ1) is 18.0. The van der Waals surface area contributed by atoms with Gasteiger partial charge in [-0.1, -0.05) is 26.0 Å². The third-order valence-corrected chi connectivity index (χ3v) is 4.39. The van der Waals surface area contributed by atoms with Crippen molar-refractivity contribution in [2.45, 2.75) is 58.2 Å². The van der Waals surface area contributed by atoms with Gasteiger partial charge in [0, 0.05) is 18.3 Å². The summed E-state index contributed by atoms with van der Waals surface area (Å²) in [7, 11) is 0. The molecule has 1 aliphatic rings. The van der Waals surface area contributed by atoms with Crippen LogP contribution in [0.25, 0.3) is 0 Å². The van der Waals surface area contributed by atoms with Gasteiger partial charge in [0.05, 0.1) is 36.8 Å². The molecule has 5 atom stereocenters. The normalized spacial score (nSPS) is 31.5. The molecule has 0 saturated carbocycles. The zero-order valence-corrected chi connectivity index (χ0v) is 13.6. The Morgan fingerprint density at radius 2 is 2.17 bits per heavy atom. The lowest BCUT2D eigenvalue weighted by atomic mass is 9.87. The highest BCUT2D eigenvalue weighted by molar-refractivity contribution is 5.80. The van der Waals surface area contributed by atoms with Crippen LogP contribution in [-0.4, -0.2) is 62.1 Å². The molecule has 1 aliphatic heterocycles. The molecule has 8 heteroatoms. The van der Waals surface area contributed by atoms with Crippen LogP contribution in [-0.2, 0) is 22.5 Å². The molecule has 2 rings (SSSR count). The molecular formula is C15H24FN3O4. The van der Waals surface area contributed by atoms with Crippen LogP contribution < -0.4 is 0 Å². The van der Waals surface area contributed by atoms with Crippen LogP contribution in [0.15, 0.2) is 6.20 Å². The SMILES string of the molecule is CC(C)C(=O)Cn1nncc1C[C@@H]1OC(CO)[C@@H](C)[C@H](O)C1[18F]. The topological polar surface area (TPSA) is 97.5 Å². The van der Waals surface area contributed by atoms with Crippen molar-refractivity contribution in [2.24, 2.45) is 11.8 Å². The van der Waals surface area contributed by atoms with E-state index in [4.69, 9.17) is 4.74 Å². The highest BCUT2D eigenvalue weighted by Crippen LogP contribution is 2.29. The molecule has 23 heavy (non-hydrogen) atoms. The summed E-state index contributed by atoms with van der Waals surface area (Å²) in [4.78, 5) is 11.8. The third-order valence-electron chi connectivity index (χ3n) is 4.39. The number of ether oxygens (including phenoxy) is 1. The summed E-state index contributed by atoms with van der Waals surface area (Å²) >= 11 is 0. The number of carbonyl (C=O) groups excluding carboxylic acids is 1. The van der Waals surface area contributed by atoms with Gasteiger partial charge >= 0.3 is 0 Å². The van der Waals surface area contributed by atoms with Gasteiger partial charge in [0.15, 0.2) is 12.0 Å².